The van der Waals surface area contributed by atoms with Crippen LogP contribution in [0.4, 0.5) is 0 Å². The number of methoxy groups -OCH3 is 1. The van der Waals surface area contributed by atoms with Crippen molar-refractivity contribution in [1.29, 1.82) is 0 Å². The molecule has 2 aromatic rings. The molecule has 0 saturated heterocycles. The number of rotatable bonds is 11. The molecular weight excluding hydrogens is 330 g/mol. The molecule has 2 N–H and O–H groups in total. The van der Waals surface area contributed by atoms with Crippen LogP contribution in [0.15, 0.2) is 36.4 Å². The van der Waals surface area contributed by atoms with Crippen LogP contribution in [-0.2, 0) is 16.0 Å². The maximum atomic E-state index is 12.1. The van der Waals surface area contributed by atoms with Crippen molar-refractivity contribution >= 4 is 22.6 Å². The summed E-state index contributed by atoms with van der Waals surface area (Å²) in [6.45, 7) is 0.669. The van der Waals surface area contributed by atoms with Crippen LogP contribution in [0, 0.1) is 0 Å². The van der Waals surface area contributed by atoms with Gasteiger partial charge in [0.05, 0.1) is 13.5 Å². The highest BCUT2D eigenvalue weighted by atomic mass is 16.5. The van der Waals surface area contributed by atoms with Crippen molar-refractivity contribution < 1.29 is 19.4 Å². The topological polar surface area (TPSA) is 75.6 Å². The van der Waals surface area contributed by atoms with Crippen molar-refractivity contribution in [3.05, 3.63) is 42.0 Å². The van der Waals surface area contributed by atoms with E-state index in [9.17, 15) is 9.59 Å². The number of hydrogen-bond donors (Lipinski definition) is 2. The predicted molar refractivity (Wildman–Crippen MR) is 103 cm³/mol. The van der Waals surface area contributed by atoms with Gasteiger partial charge in [-0.05, 0) is 41.3 Å². The van der Waals surface area contributed by atoms with Crippen molar-refractivity contribution in [3.63, 3.8) is 0 Å². The summed E-state index contributed by atoms with van der Waals surface area (Å²) in [6, 6.07) is 11.9. The van der Waals surface area contributed by atoms with E-state index in [1.807, 2.05) is 36.4 Å². The molecule has 0 spiro atoms. The molecule has 5 heteroatoms. The van der Waals surface area contributed by atoms with Gasteiger partial charge in [-0.1, -0.05) is 43.5 Å². The van der Waals surface area contributed by atoms with Crippen molar-refractivity contribution in [2.75, 3.05) is 13.7 Å². The van der Waals surface area contributed by atoms with Crippen molar-refractivity contribution in [1.82, 2.24) is 5.32 Å². The SMILES string of the molecule is COc1ccc2cc(CC(=O)NCCCCCCCC(=O)O)ccc2c1. The number of benzene rings is 2. The largest absolute Gasteiger partial charge is 0.497 e. The summed E-state index contributed by atoms with van der Waals surface area (Å²) in [5, 5.41) is 13.7. The zero-order valence-corrected chi connectivity index (χ0v) is 15.3. The van der Waals surface area contributed by atoms with Gasteiger partial charge in [0.1, 0.15) is 5.75 Å². The number of fused-ring (bicyclic) bond motifs is 1. The van der Waals surface area contributed by atoms with Crippen LogP contribution < -0.4 is 10.1 Å². The normalized spacial score (nSPS) is 10.7. The number of aliphatic carboxylic acids is 1. The number of unbranched alkanes of at least 4 members (excludes halogenated alkanes) is 4. The molecule has 0 atom stereocenters. The molecule has 0 radical (unpaired) electrons. The first-order valence-electron chi connectivity index (χ1n) is 9.13. The molecule has 140 valence electrons. The molecule has 0 saturated carbocycles. The van der Waals surface area contributed by atoms with E-state index in [0.717, 1.165) is 54.2 Å². The summed E-state index contributed by atoms with van der Waals surface area (Å²) < 4.78 is 5.22. The minimum atomic E-state index is -0.731. The first-order chi connectivity index (χ1) is 12.6. The first kappa shape index (κ1) is 19.8. The van der Waals surface area contributed by atoms with Crippen LogP contribution in [0.1, 0.15) is 44.1 Å². The second kappa shape index (κ2) is 10.4. The number of amides is 1. The summed E-state index contributed by atoms with van der Waals surface area (Å²) in [4.78, 5) is 22.5. The van der Waals surface area contributed by atoms with E-state index in [2.05, 4.69) is 5.32 Å². The maximum absolute atomic E-state index is 12.1. The molecule has 0 fully saturated rings. The Bertz CT molecular complexity index is 742. The molecule has 26 heavy (non-hydrogen) atoms. The lowest BCUT2D eigenvalue weighted by molar-refractivity contribution is -0.137. The minimum absolute atomic E-state index is 0.0312. The number of carbonyl (C=O) groups excluding carboxylic acids is 1. The van der Waals surface area contributed by atoms with E-state index in [1.165, 1.54) is 0 Å². The summed E-state index contributed by atoms with van der Waals surface area (Å²) in [5.41, 5.74) is 0.994. The van der Waals surface area contributed by atoms with Gasteiger partial charge >= 0.3 is 5.97 Å². The van der Waals surface area contributed by atoms with Gasteiger partial charge in [-0.2, -0.15) is 0 Å². The van der Waals surface area contributed by atoms with Gasteiger partial charge in [-0.25, -0.2) is 0 Å². The zero-order valence-electron chi connectivity index (χ0n) is 15.3. The maximum Gasteiger partial charge on any atom is 0.303 e. The highest BCUT2D eigenvalue weighted by Gasteiger charge is 2.05. The van der Waals surface area contributed by atoms with Crippen LogP contribution in [0.3, 0.4) is 0 Å². The fourth-order valence-electron chi connectivity index (χ4n) is 2.92. The Morgan fingerprint density at radius 1 is 0.962 bits per heavy atom. The van der Waals surface area contributed by atoms with Crippen molar-refractivity contribution in [2.45, 2.75) is 44.9 Å². The molecular formula is C21H27NO4. The fraction of sp³-hybridized carbons (Fsp3) is 0.429. The van der Waals surface area contributed by atoms with E-state index in [4.69, 9.17) is 9.84 Å². The second-order valence-electron chi connectivity index (χ2n) is 6.49. The molecule has 0 aliphatic heterocycles. The Hall–Kier alpha value is -2.56. The highest BCUT2D eigenvalue weighted by Crippen LogP contribution is 2.22. The molecule has 0 heterocycles. The third kappa shape index (κ3) is 6.75. The van der Waals surface area contributed by atoms with Gasteiger partial charge in [0.25, 0.3) is 0 Å². The van der Waals surface area contributed by atoms with Crippen molar-refractivity contribution in [3.8, 4) is 5.75 Å². The van der Waals surface area contributed by atoms with E-state index in [0.29, 0.717) is 13.0 Å². The summed E-state index contributed by atoms with van der Waals surface area (Å²) in [6.07, 6.45) is 5.23. The number of nitrogens with one attached hydrogen (secondary N) is 1. The first-order valence-corrected chi connectivity index (χ1v) is 9.13. The smallest absolute Gasteiger partial charge is 0.303 e. The fourth-order valence-corrected chi connectivity index (χ4v) is 2.92. The number of carbonyl (C=O) groups is 2. The monoisotopic (exact) mass is 357 g/mol. The zero-order chi connectivity index (χ0) is 18.8. The highest BCUT2D eigenvalue weighted by molar-refractivity contribution is 5.86. The predicted octanol–water partition coefficient (Wildman–Crippen LogP) is 3.93. The Balaban J connectivity index is 1.68. The van der Waals surface area contributed by atoms with Crippen LogP contribution in [0.5, 0.6) is 5.75 Å². The minimum Gasteiger partial charge on any atom is -0.497 e. The second-order valence-corrected chi connectivity index (χ2v) is 6.49. The number of carboxylic acid groups (broad SMARTS) is 1. The average Bonchev–Trinajstić information content (AvgIpc) is 2.63. The van der Waals surface area contributed by atoms with Gasteiger partial charge in [0.2, 0.25) is 5.91 Å². The number of carboxylic acids is 1. The number of hydrogen-bond acceptors (Lipinski definition) is 3. The van der Waals surface area contributed by atoms with E-state index in [-0.39, 0.29) is 12.3 Å². The van der Waals surface area contributed by atoms with Crippen LogP contribution in [0.2, 0.25) is 0 Å². The van der Waals surface area contributed by atoms with Gasteiger partial charge in [0.15, 0.2) is 0 Å². The molecule has 0 unspecified atom stereocenters. The average molecular weight is 357 g/mol. The standard InChI is InChI=1S/C21H27NO4/c1-26-19-11-10-17-13-16(8-9-18(17)15-19)14-20(23)22-12-6-4-2-3-5-7-21(24)25/h8-11,13,15H,2-7,12,14H2,1H3,(H,22,23)(H,24,25). The lowest BCUT2D eigenvalue weighted by Crippen LogP contribution is -2.26. The van der Waals surface area contributed by atoms with Crippen LogP contribution in [0.25, 0.3) is 10.8 Å². The van der Waals surface area contributed by atoms with E-state index in [1.54, 1.807) is 7.11 Å². The Morgan fingerprint density at radius 3 is 2.42 bits per heavy atom. The van der Waals surface area contributed by atoms with Gasteiger partial charge in [-0.3, -0.25) is 9.59 Å². The Labute approximate surface area is 154 Å². The Morgan fingerprint density at radius 2 is 1.65 bits per heavy atom. The summed E-state index contributed by atoms with van der Waals surface area (Å²) in [7, 11) is 1.65. The molecule has 0 aromatic heterocycles. The van der Waals surface area contributed by atoms with Crippen molar-refractivity contribution in [2.24, 2.45) is 0 Å². The molecule has 1 amide bonds. The third-order valence-electron chi connectivity index (χ3n) is 4.37. The number of ether oxygens (including phenoxy) is 1. The summed E-state index contributed by atoms with van der Waals surface area (Å²) in [5.74, 6) is 0.125. The third-order valence-corrected chi connectivity index (χ3v) is 4.37. The summed E-state index contributed by atoms with van der Waals surface area (Å²) >= 11 is 0. The molecule has 0 aliphatic rings. The molecule has 5 nitrogen and oxygen atoms in total. The van der Waals surface area contributed by atoms with Crippen LogP contribution in [-0.4, -0.2) is 30.6 Å². The van der Waals surface area contributed by atoms with Gasteiger partial charge in [-0.15, -0.1) is 0 Å². The Kier molecular flexibility index (Phi) is 7.93. The lowest BCUT2D eigenvalue weighted by atomic mass is 10.0. The van der Waals surface area contributed by atoms with Crippen LogP contribution >= 0.6 is 0 Å². The van der Waals surface area contributed by atoms with Gasteiger partial charge < -0.3 is 15.2 Å². The van der Waals surface area contributed by atoms with E-state index < -0.39 is 5.97 Å². The lowest BCUT2D eigenvalue weighted by Gasteiger charge is -2.07. The van der Waals surface area contributed by atoms with E-state index >= 15 is 0 Å². The molecule has 0 bridgehead atoms. The molecule has 2 rings (SSSR count). The van der Waals surface area contributed by atoms with Gasteiger partial charge in [0, 0.05) is 13.0 Å². The molecule has 0 aliphatic carbocycles. The quantitative estimate of drug-likeness (QED) is 0.598. The molecule has 2 aromatic carbocycles.